The molecule has 0 saturated carbocycles. The number of benzene rings is 1. The van der Waals surface area contributed by atoms with Crippen LogP contribution in [0.15, 0.2) is 30.3 Å². The molecule has 0 spiro atoms. The summed E-state index contributed by atoms with van der Waals surface area (Å²) in [5, 5.41) is 7.50. The van der Waals surface area contributed by atoms with Crippen molar-refractivity contribution in [2.24, 2.45) is 0 Å². The fourth-order valence-corrected chi connectivity index (χ4v) is 2.76. The van der Waals surface area contributed by atoms with Crippen LogP contribution in [0.2, 0.25) is 0 Å². The molecule has 5 heteroatoms. The van der Waals surface area contributed by atoms with Gasteiger partial charge in [-0.3, -0.25) is 9.48 Å². The van der Waals surface area contributed by atoms with Crippen LogP contribution >= 0.6 is 0 Å². The van der Waals surface area contributed by atoms with E-state index in [0.717, 1.165) is 29.1 Å². The Bertz CT molecular complexity index is 677. The van der Waals surface area contributed by atoms with E-state index in [-0.39, 0.29) is 12.0 Å². The highest BCUT2D eigenvalue weighted by atomic mass is 16.5. The molecule has 130 valence electrons. The lowest BCUT2D eigenvalue weighted by molar-refractivity contribution is -0.136. The van der Waals surface area contributed by atoms with Gasteiger partial charge in [0.25, 0.3) is 5.91 Å². The quantitative estimate of drug-likeness (QED) is 0.848. The summed E-state index contributed by atoms with van der Waals surface area (Å²) in [6.07, 6.45) is -0.639. The largest absolute Gasteiger partial charge is 0.361 e. The maximum Gasteiger partial charge on any atom is 0.254 e. The molecule has 1 heterocycles. The highest BCUT2D eigenvalue weighted by Crippen LogP contribution is 2.20. The Labute approximate surface area is 144 Å². The Kier molecular flexibility index (Phi) is 6.15. The summed E-state index contributed by atoms with van der Waals surface area (Å²) in [4.78, 5) is 12.7. The number of ether oxygens (including phenoxy) is 1. The number of carbonyl (C=O) groups is 1. The number of aryl methyl sites for hydroxylation is 2. The Morgan fingerprint density at radius 1 is 1.25 bits per heavy atom. The van der Waals surface area contributed by atoms with Gasteiger partial charge in [0.2, 0.25) is 0 Å². The van der Waals surface area contributed by atoms with E-state index < -0.39 is 6.10 Å². The first-order valence-corrected chi connectivity index (χ1v) is 8.45. The number of carbonyl (C=O) groups excluding carboxylic acids is 1. The number of nitrogens with zero attached hydrogens (tertiary/aromatic N) is 2. The van der Waals surface area contributed by atoms with Gasteiger partial charge < -0.3 is 10.1 Å². The van der Waals surface area contributed by atoms with Crippen molar-refractivity contribution in [2.75, 3.05) is 0 Å². The predicted molar refractivity (Wildman–Crippen MR) is 94.6 cm³/mol. The topological polar surface area (TPSA) is 56.2 Å². The molecule has 2 rings (SSSR count). The molecule has 0 bridgehead atoms. The molecule has 0 aliphatic heterocycles. The summed E-state index contributed by atoms with van der Waals surface area (Å²) in [7, 11) is 0. The van der Waals surface area contributed by atoms with Crippen LogP contribution in [0.5, 0.6) is 0 Å². The second kappa shape index (κ2) is 8.11. The maximum atomic E-state index is 12.7. The predicted octanol–water partition coefficient (Wildman–Crippen LogP) is 3.30. The lowest BCUT2D eigenvalue weighted by atomic mass is 10.1. The highest BCUT2D eigenvalue weighted by molar-refractivity contribution is 5.82. The van der Waals surface area contributed by atoms with E-state index in [0.29, 0.717) is 6.54 Å². The highest BCUT2D eigenvalue weighted by Gasteiger charge is 2.23. The second-order valence-electron chi connectivity index (χ2n) is 6.16. The third kappa shape index (κ3) is 4.23. The molecule has 1 N–H and O–H groups in total. The number of amides is 1. The van der Waals surface area contributed by atoms with E-state index in [9.17, 15) is 4.79 Å². The van der Waals surface area contributed by atoms with Crippen LogP contribution in [-0.2, 0) is 22.6 Å². The van der Waals surface area contributed by atoms with E-state index in [1.54, 1.807) is 0 Å². The number of rotatable bonds is 7. The first kappa shape index (κ1) is 18.2. The average Bonchev–Trinajstić information content (AvgIpc) is 2.84. The first-order valence-electron chi connectivity index (χ1n) is 8.45. The first-order chi connectivity index (χ1) is 11.4. The zero-order chi connectivity index (χ0) is 17.7. The van der Waals surface area contributed by atoms with Crippen molar-refractivity contribution in [3.8, 4) is 0 Å². The smallest absolute Gasteiger partial charge is 0.254 e. The van der Waals surface area contributed by atoms with Crippen LogP contribution in [0.4, 0.5) is 0 Å². The third-order valence-corrected chi connectivity index (χ3v) is 4.02. The molecule has 5 nitrogen and oxygen atoms in total. The van der Waals surface area contributed by atoms with Crippen molar-refractivity contribution in [1.29, 1.82) is 0 Å². The lowest BCUT2D eigenvalue weighted by Crippen LogP contribution is -2.32. The van der Waals surface area contributed by atoms with Crippen molar-refractivity contribution < 1.29 is 9.53 Å². The average molecular weight is 329 g/mol. The molecule has 2 aromatic rings. The molecule has 1 unspecified atom stereocenters. The van der Waals surface area contributed by atoms with Gasteiger partial charge in [0.05, 0.1) is 11.8 Å². The SMILES string of the molecule is CCn1nc(C)c(CNC(=O)C(OC(C)C)c2ccccc2)c1C. The van der Waals surface area contributed by atoms with Gasteiger partial charge in [-0.15, -0.1) is 0 Å². The van der Waals surface area contributed by atoms with Crippen LogP contribution in [0.1, 0.15) is 49.4 Å². The molecule has 1 aromatic heterocycles. The standard InChI is InChI=1S/C19H27N3O2/c1-6-22-15(5)17(14(4)21-22)12-20-19(23)18(24-13(2)3)16-10-8-7-9-11-16/h7-11,13,18H,6,12H2,1-5H3,(H,20,23). The fraction of sp³-hybridized carbons (Fsp3) is 0.474. The minimum Gasteiger partial charge on any atom is -0.361 e. The molecular formula is C19H27N3O2. The van der Waals surface area contributed by atoms with E-state index >= 15 is 0 Å². The maximum absolute atomic E-state index is 12.7. The van der Waals surface area contributed by atoms with E-state index in [4.69, 9.17) is 4.74 Å². The second-order valence-corrected chi connectivity index (χ2v) is 6.16. The van der Waals surface area contributed by atoms with Gasteiger partial charge in [-0.2, -0.15) is 5.10 Å². The fourth-order valence-electron chi connectivity index (χ4n) is 2.76. The Balaban J connectivity index is 2.12. The monoisotopic (exact) mass is 329 g/mol. The molecule has 0 aliphatic rings. The van der Waals surface area contributed by atoms with Gasteiger partial charge in [-0.05, 0) is 40.2 Å². The lowest BCUT2D eigenvalue weighted by Gasteiger charge is -2.20. The minimum absolute atomic E-state index is 0.0349. The van der Waals surface area contributed by atoms with Gasteiger partial charge in [0, 0.05) is 24.3 Å². The molecule has 1 aromatic carbocycles. The summed E-state index contributed by atoms with van der Waals surface area (Å²) in [5.74, 6) is -0.127. The van der Waals surface area contributed by atoms with Crippen molar-refractivity contribution in [1.82, 2.24) is 15.1 Å². The number of nitrogens with one attached hydrogen (secondary N) is 1. The molecule has 24 heavy (non-hydrogen) atoms. The molecule has 1 atom stereocenters. The minimum atomic E-state index is -0.604. The summed E-state index contributed by atoms with van der Waals surface area (Å²) in [6, 6.07) is 9.59. The van der Waals surface area contributed by atoms with Crippen molar-refractivity contribution in [3.63, 3.8) is 0 Å². The Morgan fingerprint density at radius 2 is 1.92 bits per heavy atom. The van der Waals surface area contributed by atoms with Gasteiger partial charge in [0.15, 0.2) is 6.10 Å². The zero-order valence-electron chi connectivity index (χ0n) is 15.2. The zero-order valence-corrected chi connectivity index (χ0v) is 15.2. The van der Waals surface area contributed by atoms with Gasteiger partial charge in [-0.1, -0.05) is 30.3 Å². The summed E-state index contributed by atoms with van der Waals surface area (Å²) < 4.78 is 7.80. The molecular weight excluding hydrogens is 302 g/mol. The summed E-state index contributed by atoms with van der Waals surface area (Å²) in [5.41, 5.74) is 3.98. The van der Waals surface area contributed by atoms with E-state index in [1.807, 2.05) is 62.7 Å². The number of hydrogen-bond donors (Lipinski definition) is 1. The molecule has 0 aliphatic carbocycles. The van der Waals surface area contributed by atoms with Crippen molar-refractivity contribution >= 4 is 5.91 Å². The summed E-state index contributed by atoms with van der Waals surface area (Å²) in [6.45, 7) is 11.2. The van der Waals surface area contributed by atoms with Crippen LogP contribution in [0, 0.1) is 13.8 Å². The number of aromatic nitrogens is 2. The van der Waals surface area contributed by atoms with Crippen LogP contribution in [0.25, 0.3) is 0 Å². The van der Waals surface area contributed by atoms with E-state index in [1.165, 1.54) is 0 Å². The van der Waals surface area contributed by atoms with Crippen molar-refractivity contribution in [2.45, 2.75) is 59.9 Å². The van der Waals surface area contributed by atoms with E-state index in [2.05, 4.69) is 17.3 Å². The normalized spacial score (nSPS) is 12.4. The van der Waals surface area contributed by atoms with Crippen molar-refractivity contribution in [3.05, 3.63) is 52.8 Å². The van der Waals surface area contributed by atoms with Crippen LogP contribution in [0.3, 0.4) is 0 Å². The van der Waals surface area contributed by atoms with Gasteiger partial charge >= 0.3 is 0 Å². The van der Waals surface area contributed by atoms with Gasteiger partial charge in [-0.25, -0.2) is 0 Å². The Morgan fingerprint density at radius 3 is 2.46 bits per heavy atom. The summed E-state index contributed by atoms with van der Waals surface area (Å²) >= 11 is 0. The molecule has 1 amide bonds. The number of hydrogen-bond acceptors (Lipinski definition) is 3. The Hall–Kier alpha value is -2.14. The molecule has 0 radical (unpaired) electrons. The third-order valence-electron chi connectivity index (χ3n) is 4.02. The van der Waals surface area contributed by atoms with Crippen LogP contribution in [-0.4, -0.2) is 21.8 Å². The van der Waals surface area contributed by atoms with Crippen LogP contribution < -0.4 is 5.32 Å². The molecule has 0 fully saturated rings. The van der Waals surface area contributed by atoms with Gasteiger partial charge in [0.1, 0.15) is 0 Å². The molecule has 0 saturated heterocycles.